The van der Waals surface area contributed by atoms with Crippen molar-refractivity contribution in [2.75, 3.05) is 4.90 Å². The summed E-state index contributed by atoms with van der Waals surface area (Å²) in [6.07, 6.45) is 0. The number of hydrogen-bond acceptors (Lipinski definition) is 3. The highest BCUT2D eigenvalue weighted by Gasteiger charge is 2.18. The van der Waals surface area contributed by atoms with Crippen molar-refractivity contribution >= 4 is 103 Å². The Morgan fingerprint density at radius 3 is 1.13 bits per heavy atom. The van der Waals surface area contributed by atoms with Gasteiger partial charge in [-0.15, -0.1) is 11.3 Å². The van der Waals surface area contributed by atoms with Crippen molar-refractivity contribution < 1.29 is 0 Å². The number of benzene rings is 10. The minimum atomic E-state index is 1.03. The van der Waals surface area contributed by atoms with E-state index in [1.54, 1.807) is 11.3 Å². The van der Waals surface area contributed by atoms with Gasteiger partial charge < -0.3 is 4.90 Å². The molecule has 0 unspecified atom stereocenters. The molecule has 0 saturated carbocycles. The van der Waals surface area contributed by atoms with Crippen LogP contribution in [0.25, 0.3) is 85.4 Å². The minimum absolute atomic E-state index is 1.03. The molecule has 0 amide bonds. The van der Waals surface area contributed by atoms with Crippen LogP contribution in [-0.4, -0.2) is 4.98 Å². The smallest absolute Gasteiger partial charge is 0.124 e. The Kier molecular flexibility index (Phi) is 6.46. The predicted molar refractivity (Wildman–Crippen MR) is 225 cm³/mol. The fourth-order valence-corrected chi connectivity index (χ4v) is 9.24. The van der Waals surface area contributed by atoms with Gasteiger partial charge in [0.15, 0.2) is 0 Å². The van der Waals surface area contributed by atoms with Crippen LogP contribution in [-0.2, 0) is 0 Å². The molecule has 0 aliphatic rings. The third-order valence-corrected chi connectivity index (χ3v) is 11.7. The quantitative estimate of drug-likeness (QED) is 0.172. The molecule has 3 heteroatoms. The average molecular weight is 679 g/mol. The molecule has 11 rings (SSSR count). The van der Waals surface area contributed by atoms with E-state index in [9.17, 15) is 0 Å². The third kappa shape index (κ3) is 4.46. The highest BCUT2D eigenvalue weighted by atomic mass is 32.1. The first-order valence-corrected chi connectivity index (χ1v) is 18.5. The number of nitrogens with zero attached hydrogens (tertiary/aromatic N) is 2. The second-order valence-corrected chi connectivity index (χ2v) is 14.5. The molecule has 0 radical (unpaired) electrons. The molecule has 1 heterocycles. The van der Waals surface area contributed by atoms with E-state index in [1.165, 1.54) is 69.3 Å². The summed E-state index contributed by atoms with van der Waals surface area (Å²) in [5, 5.41) is 16.3. The van der Waals surface area contributed by atoms with E-state index in [1.807, 2.05) is 0 Å². The highest BCUT2D eigenvalue weighted by molar-refractivity contribution is 7.21. The molecule has 0 saturated heterocycles. The number of hydrogen-bond donors (Lipinski definition) is 0. The summed E-state index contributed by atoms with van der Waals surface area (Å²) in [7, 11) is 0. The molecule has 0 bridgehead atoms. The lowest BCUT2D eigenvalue weighted by atomic mass is 9.93. The average Bonchev–Trinajstić information content (AvgIpc) is 3.66. The maximum Gasteiger partial charge on any atom is 0.124 e. The number of thiazole rings is 1. The van der Waals surface area contributed by atoms with E-state index in [-0.39, 0.29) is 0 Å². The fraction of sp³-hybridized carbons (Fsp3) is 0. The Bertz CT molecular complexity index is 2930. The monoisotopic (exact) mass is 678 g/mol. The lowest BCUT2D eigenvalue weighted by molar-refractivity contribution is 1.29. The Morgan fingerprint density at radius 1 is 0.327 bits per heavy atom. The number of rotatable bonds is 4. The van der Waals surface area contributed by atoms with Crippen molar-refractivity contribution in [3.05, 3.63) is 182 Å². The van der Waals surface area contributed by atoms with E-state index in [0.717, 1.165) is 33.1 Å². The molecule has 0 fully saturated rings. The van der Waals surface area contributed by atoms with Gasteiger partial charge in [-0.05, 0) is 125 Å². The second-order valence-electron chi connectivity index (χ2n) is 13.5. The summed E-state index contributed by atoms with van der Waals surface area (Å²) >= 11 is 1.74. The van der Waals surface area contributed by atoms with Gasteiger partial charge in [-0.1, -0.05) is 121 Å². The van der Waals surface area contributed by atoms with Gasteiger partial charge in [0.1, 0.15) is 5.01 Å². The predicted octanol–water partition coefficient (Wildman–Crippen LogP) is 14.4. The van der Waals surface area contributed by atoms with Crippen LogP contribution < -0.4 is 4.90 Å². The lowest BCUT2D eigenvalue weighted by Crippen LogP contribution is -2.10. The molecule has 0 spiro atoms. The standard InChI is InChI=1S/C49H30N2S/c1-3-15-39-35(11-1)37-13-5-7-17-41(37)45-29-33(25-27-43(39)45)51(32-23-21-31(22-24-32)49-50-47-19-9-10-20-48(47)52-49)34-26-28-44-40-16-4-2-12-36(40)38-14-6-8-18-42(38)46(44)30-34/h1-30H. The molecular formula is C49H30N2S. The molecule has 52 heavy (non-hydrogen) atoms. The summed E-state index contributed by atoms with van der Waals surface area (Å²) in [6, 6.07) is 66.4. The molecule has 0 aliphatic carbocycles. The van der Waals surface area contributed by atoms with Crippen molar-refractivity contribution in [1.82, 2.24) is 4.98 Å². The van der Waals surface area contributed by atoms with Crippen molar-refractivity contribution in [1.29, 1.82) is 0 Å². The van der Waals surface area contributed by atoms with Crippen LogP contribution in [0.3, 0.4) is 0 Å². The van der Waals surface area contributed by atoms with E-state index in [2.05, 4.69) is 187 Å². The van der Waals surface area contributed by atoms with Gasteiger partial charge in [0.2, 0.25) is 0 Å². The SMILES string of the molecule is c1ccc2sc(-c3ccc(N(c4ccc5c6ccccc6c6ccccc6c5c4)c4ccc5c6ccccc6c6ccccc6c5c4)cc3)nc2c1. The van der Waals surface area contributed by atoms with Crippen LogP contribution in [0.4, 0.5) is 17.1 Å². The maximum absolute atomic E-state index is 4.95. The molecule has 242 valence electrons. The van der Waals surface area contributed by atoms with Crippen LogP contribution >= 0.6 is 11.3 Å². The molecular weight excluding hydrogens is 649 g/mol. The van der Waals surface area contributed by atoms with Gasteiger partial charge in [-0.3, -0.25) is 0 Å². The van der Waals surface area contributed by atoms with Crippen molar-refractivity contribution in [2.45, 2.75) is 0 Å². The Labute approximate surface area is 304 Å². The second kappa shape index (κ2) is 11.5. The largest absolute Gasteiger partial charge is 0.310 e. The third-order valence-electron chi connectivity index (χ3n) is 10.6. The summed E-state index contributed by atoms with van der Waals surface area (Å²) in [6.45, 7) is 0. The van der Waals surface area contributed by atoms with Crippen LogP contribution in [0, 0.1) is 0 Å². The van der Waals surface area contributed by atoms with Crippen molar-refractivity contribution in [3.8, 4) is 10.6 Å². The van der Waals surface area contributed by atoms with Crippen LogP contribution in [0.15, 0.2) is 182 Å². The van der Waals surface area contributed by atoms with Crippen LogP contribution in [0.5, 0.6) is 0 Å². The van der Waals surface area contributed by atoms with Crippen molar-refractivity contribution in [2.24, 2.45) is 0 Å². The molecule has 11 aromatic rings. The number of para-hydroxylation sites is 1. The number of aromatic nitrogens is 1. The first-order chi connectivity index (χ1) is 25.8. The molecule has 0 aliphatic heterocycles. The fourth-order valence-electron chi connectivity index (χ4n) is 8.27. The van der Waals surface area contributed by atoms with Crippen molar-refractivity contribution in [3.63, 3.8) is 0 Å². The highest BCUT2D eigenvalue weighted by Crippen LogP contribution is 2.44. The van der Waals surface area contributed by atoms with Gasteiger partial charge in [0.05, 0.1) is 10.2 Å². The summed E-state index contributed by atoms with van der Waals surface area (Å²) < 4.78 is 1.20. The maximum atomic E-state index is 4.95. The first kappa shape index (κ1) is 29.2. The zero-order valence-electron chi connectivity index (χ0n) is 28.1. The first-order valence-electron chi connectivity index (χ1n) is 17.7. The van der Waals surface area contributed by atoms with E-state index >= 15 is 0 Å². The summed E-state index contributed by atoms with van der Waals surface area (Å²) in [4.78, 5) is 7.37. The normalized spacial score (nSPS) is 11.8. The summed E-state index contributed by atoms with van der Waals surface area (Å²) in [5.74, 6) is 0. The molecule has 1 aromatic heterocycles. The van der Waals surface area contributed by atoms with Crippen LogP contribution in [0.2, 0.25) is 0 Å². The molecule has 10 aromatic carbocycles. The molecule has 2 nitrogen and oxygen atoms in total. The Hall–Kier alpha value is -6.55. The molecule has 0 N–H and O–H groups in total. The van der Waals surface area contributed by atoms with E-state index in [4.69, 9.17) is 4.98 Å². The zero-order valence-corrected chi connectivity index (χ0v) is 28.9. The van der Waals surface area contributed by atoms with Gasteiger partial charge >= 0.3 is 0 Å². The Morgan fingerprint density at radius 2 is 0.692 bits per heavy atom. The minimum Gasteiger partial charge on any atom is -0.310 e. The zero-order chi connectivity index (χ0) is 34.2. The topological polar surface area (TPSA) is 16.1 Å². The lowest BCUT2D eigenvalue weighted by Gasteiger charge is -2.27. The summed E-state index contributed by atoms with van der Waals surface area (Å²) in [5.41, 5.74) is 5.49. The van der Waals surface area contributed by atoms with Gasteiger partial charge in [0.25, 0.3) is 0 Å². The Balaban J connectivity index is 1.16. The number of fused-ring (bicyclic) bond motifs is 13. The van der Waals surface area contributed by atoms with E-state index < -0.39 is 0 Å². The van der Waals surface area contributed by atoms with Crippen LogP contribution in [0.1, 0.15) is 0 Å². The van der Waals surface area contributed by atoms with Gasteiger partial charge in [0, 0.05) is 22.6 Å². The van der Waals surface area contributed by atoms with Gasteiger partial charge in [-0.25, -0.2) is 4.98 Å². The van der Waals surface area contributed by atoms with E-state index in [0.29, 0.717) is 0 Å². The molecule has 0 atom stereocenters. The number of anilines is 3. The van der Waals surface area contributed by atoms with Gasteiger partial charge in [-0.2, -0.15) is 0 Å².